The fraction of sp³-hybridized carbons (Fsp3) is 0.667. The molecule has 0 bridgehead atoms. The van der Waals surface area contributed by atoms with Crippen LogP contribution in [-0.4, -0.2) is 28.3 Å². The van der Waals surface area contributed by atoms with E-state index in [1.807, 2.05) is 24.7 Å². The van der Waals surface area contributed by atoms with E-state index >= 15 is 0 Å². The molecule has 1 rings (SSSR count). The Balaban J connectivity index is 2.42. The van der Waals surface area contributed by atoms with Crippen molar-refractivity contribution in [1.29, 1.82) is 0 Å². The second kappa shape index (κ2) is 6.27. The van der Waals surface area contributed by atoms with Crippen LogP contribution in [0.15, 0.2) is 12.4 Å². The van der Waals surface area contributed by atoms with Crippen molar-refractivity contribution in [3.8, 4) is 0 Å². The first-order valence-corrected chi connectivity index (χ1v) is 6.09. The van der Waals surface area contributed by atoms with Gasteiger partial charge in [-0.1, -0.05) is 13.8 Å². The second-order valence-corrected chi connectivity index (χ2v) is 4.59. The van der Waals surface area contributed by atoms with E-state index in [-0.39, 0.29) is 11.9 Å². The van der Waals surface area contributed by atoms with Crippen molar-refractivity contribution in [2.75, 3.05) is 11.9 Å². The molecule has 0 aliphatic rings. The highest BCUT2D eigenvalue weighted by Gasteiger charge is 2.13. The standard InChI is InChI=1S/C12H22N4O/c1-5-16-8-11(7-14-16)15-10(4)12(17)13-6-9(2)3/h7-10,15H,5-6H2,1-4H3,(H,13,17). The van der Waals surface area contributed by atoms with Gasteiger partial charge in [-0.05, 0) is 19.8 Å². The summed E-state index contributed by atoms with van der Waals surface area (Å²) in [4.78, 5) is 11.7. The van der Waals surface area contributed by atoms with Crippen LogP contribution in [0.4, 0.5) is 5.69 Å². The molecule has 2 N–H and O–H groups in total. The molecule has 96 valence electrons. The molecule has 0 aliphatic heterocycles. The monoisotopic (exact) mass is 238 g/mol. The van der Waals surface area contributed by atoms with Crippen LogP contribution in [0.5, 0.6) is 0 Å². The Labute approximate surface area is 103 Å². The van der Waals surface area contributed by atoms with Gasteiger partial charge in [-0.3, -0.25) is 9.48 Å². The molecule has 1 aromatic rings. The lowest BCUT2D eigenvalue weighted by molar-refractivity contribution is -0.121. The predicted octanol–water partition coefficient (Wildman–Crippen LogP) is 1.48. The summed E-state index contributed by atoms with van der Waals surface area (Å²) in [6, 6.07) is -0.247. The zero-order chi connectivity index (χ0) is 12.8. The van der Waals surface area contributed by atoms with E-state index in [0.717, 1.165) is 12.2 Å². The average Bonchev–Trinajstić information content (AvgIpc) is 2.73. The molecule has 1 heterocycles. The number of aryl methyl sites for hydroxylation is 1. The van der Waals surface area contributed by atoms with Crippen molar-refractivity contribution in [3.63, 3.8) is 0 Å². The van der Waals surface area contributed by atoms with Crippen molar-refractivity contribution < 1.29 is 4.79 Å². The first-order chi connectivity index (χ1) is 8.02. The minimum atomic E-state index is -0.247. The van der Waals surface area contributed by atoms with Gasteiger partial charge in [0, 0.05) is 19.3 Å². The predicted molar refractivity (Wildman–Crippen MR) is 68.8 cm³/mol. The molecule has 0 fully saturated rings. The van der Waals surface area contributed by atoms with Crippen molar-refractivity contribution in [3.05, 3.63) is 12.4 Å². The summed E-state index contributed by atoms with van der Waals surface area (Å²) in [7, 11) is 0. The van der Waals surface area contributed by atoms with Crippen molar-refractivity contribution in [1.82, 2.24) is 15.1 Å². The molecule has 0 aromatic carbocycles. The maximum atomic E-state index is 11.7. The third-order valence-electron chi connectivity index (χ3n) is 2.42. The lowest BCUT2D eigenvalue weighted by Gasteiger charge is -2.14. The van der Waals surface area contributed by atoms with Crippen LogP contribution >= 0.6 is 0 Å². The van der Waals surface area contributed by atoms with Crippen LogP contribution in [0.1, 0.15) is 27.7 Å². The van der Waals surface area contributed by atoms with Gasteiger partial charge >= 0.3 is 0 Å². The Morgan fingerprint density at radius 3 is 2.71 bits per heavy atom. The van der Waals surface area contributed by atoms with E-state index in [0.29, 0.717) is 12.5 Å². The summed E-state index contributed by atoms with van der Waals surface area (Å²) >= 11 is 0. The van der Waals surface area contributed by atoms with Gasteiger partial charge < -0.3 is 10.6 Å². The number of carbonyl (C=O) groups is 1. The summed E-state index contributed by atoms with van der Waals surface area (Å²) in [6.07, 6.45) is 3.63. The number of anilines is 1. The molecule has 0 spiro atoms. The number of hydrogen-bond donors (Lipinski definition) is 2. The molecule has 0 radical (unpaired) electrons. The van der Waals surface area contributed by atoms with Crippen LogP contribution in [0.25, 0.3) is 0 Å². The number of amides is 1. The number of carbonyl (C=O) groups excluding carboxylic acids is 1. The summed E-state index contributed by atoms with van der Waals surface area (Å²) in [5.41, 5.74) is 0.874. The molecule has 1 amide bonds. The maximum Gasteiger partial charge on any atom is 0.242 e. The Hall–Kier alpha value is -1.52. The van der Waals surface area contributed by atoms with Gasteiger partial charge in [0.05, 0.1) is 11.9 Å². The Bertz CT molecular complexity index is 359. The normalized spacial score (nSPS) is 12.5. The van der Waals surface area contributed by atoms with Crippen LogP contribution in [0.2, 0.25) is 0 Å². The zero-order valence-corrected chi connectivity index (χ0v) is 11.0. The molecule has 1 aromatic heterocycles. The number of nitrogens with one attached hydrogen (secondary N) is 2. The molecule has 17 heavy (non-hydrogen) atoms. The highest BCUT2D eigenvalue weighted by atomic mass is 16.2. The van der Waals surface area contributed by atoms with Gasteiger partial charge in [0.25, 0.3) is 0 Å². The third kappa shape index (κ3) is 4.46. The highest BCUT2D eigenvalue weighted by Crippen LogP contribution is 2.06. The second-order valence-electron chi connectivity index (χ2n) is 4.59. The van der Waals surface area contributed by atoms with Gasteiger partial charge in [-0.15, -0.1) is 0 Å². The fourth-order valence-corrected chi connectivity index (χ4v) is 1.38. The van der Waals surface area contributed by atoms with Crippen molar-refractivity contribution in [2.24, 2.45) is 5.92 Å². The van der Waals surface area contributed by atoms with Gasteiger partial charge in [0.15, 0.2) is 0 Å². The van der Waals surface area contributed by atoms with Gasteiger partial charge in [0.2, 0.25) is 5.91 Å². The SMILES string of the molecule is CCn1cc(NC(C)C(=O)NCC(C)C)cn1. The number of rotatable bonds is 6. The average molecular weight is 238 g/mol. The summed E-state index contributed by atoms with van der Waals surface area (Å²) in [5.74, 6) is 0.483. The van der Waals surface area contributed by atoms with Crippen LogP contribution in [-0.2, 0) is 11.3 Å². The molecule has 1 atom stereocenters. The van der Waals surface area contributed by atoms with E-state index in [9.17, 15) is 4.79 Å². The lowest BCUT2D eigenvalue weighted by atomic mass is 10.2. The minimum Gasteiger partial charge on any atom is -0.371 e. The van der Waals surface area contributed by atoms with Crippen molar-refractivity contribution in [2.45, 2.75) is 40.3 Å². The fourth-order valence-electron chi connectivity index (χ4n) is 1.38. The highest BCUT2D eigenvalue weighted by molar-refractivity contribution is 5.84. The van der Waals surface area contributed by atoms with Crippen LogP contribution in [0, 0.1) is 5.92 Å². The number of hydrogen-bond acceptors (Lipinski definition) is 3. The van der Waals surface area contributed by atoms with Crippen molar-refractivity contribution >= 4 is 11.6 Å². The Morgan fingerprint density at radius 2 is 2.18 bits per heavy atom. The van der Waals surface area contributed by atoms with E-state index in [1.54, 1.807) is 6.20 Å². The van der Waals surface area contributed by atoms with E-state index in [1.165, 1.54) is 0 Å². The summed E-state index contributed by atoms with van der Waals surface area (Å²) in [5, 5.41) is 10.2. The van der Waals surface area contributed by atoms with E-state index in [4.69, 9.17) is 0 Å². The smallest absolute Gasteiger partial charge is 0.242 e. The topological polar surface area (TPSA) is 59.0 Å². The largest absolute Gasteiger partial charge is 0.371 e. The quantitative estimate of drug-likeness (QED) is 0.789. The summed E-state index contributed by atoms with van der Waals surface area (Å²) in [6.45, 7) is 9.55. The summed E-state index contributed by atoms with van der Waals surface area (Å²) < 4.78 is 1.82. The Morgan fingerprint density at radius 1 is 1.47 bits per heavy atom. The van der Waals surface area contributed by atoms with E-state index < -0.39 is 0 Å². The van der Waals surface area contributed by atoms with Gasteiger partial charge in [0.1, 0.15) is 6.04 Å². The van der Waals surface area contributed by atoms with E-state index in [2.05, 4.69) is 29.6 Å². The molecular formula is C12H22N4O. The van der Waals surface area contributed by atoms with Crippen LogP contribution < -0.4 is 10.6 Å². The molecule has 1 unspecified atom stereocenters. The maximum absolute atomic E-state index is 11.7. The molecule has 5 heteroatoms. The third-order valence-corrected chi connectivity index (χ3v) is 2.42. The minimum absolute atomic E-state index is 0.0166. The zero-order valence-electron chi connectivity index (χ0n) is 11.0. The first-order valence-electron chi connectivity index (χ1n) is 6.09. The molecule has 0 saturated carbocycles. The van der Waals surface area contributed by atoms with Crippen LogP contribution in [0.3, 0.4) is 0 Å². The molecule has 5 nitrogen and oxygen atoms in total. The number of nitrogens with zero attached hydrogens (tertiary/aromatic N) is 2. The number of aromatic nitrogens is 2. The molecular weight excluding hydrogens is 216 g/mol. The lowest BCUT2D eigenvalue weighted by Crippen LogP contribution is -2.39. The molecule has 0 saturated heterocycles. The Kier molecular flexibility index (Phi) is 5.00. The molecule has 0 aliphatic carbocycles. The first kappa shape index (κ1) is 13.5. The van der Waals surface area contributed by atoms with Gasteiger partial charge in [-0.25, -0.2) is 0 Å². The van der Waals surface area contributed by atoms with Gasteiger partial charge in [-0.2, -0.15) is 5.10 Å².